The number of halogens is 2. The van der Waals surface area contributed by atoms with Crippen LogP contribution in [0.5, 0.6) is 0 Å². The Morgan fingerprint density at radius 2 is 2.05 bits per heavy atom. The predicted molar refractivity (Wildman–Crippen MR) is 78.9 cm³/mol. The quantitative estimate of drug-likeness (QED) is 0.743. The van der Waals surface area contributed by atoms with Crippen molar-refractivity contribution in [1.29, 1.82) is 0 Å². The summed E-state index contributed by atoms with van der Waals surface area (Å²) in [6, 6.07) is 3.93. The summed E-state index contributed by atoms with van der Waals surface area (Å²) in [6.45, 7) is 0.568. The van der Waals surface area contributed by atoms with Crippen LogP contribution in [0.1, 0.15) is 12.0 Å². The molecule has 3 rings (SSSR count). The highest BCUT2D eigenvalue weighted by atomic mass is 19.1. The SMILES string of the molecule is OC[C@H]1C=C[C@@H](NCc2cn[nH]c2-c2c(F)cccc2F)C1. The van der Waals surface area contributed by atoms with E-state index in [1.54, 1.807) is 6.20 Å². The summed E-state index contributed by atoms with van der Waals surface area (Å²) in [4.78, 5) is 0. The average molecular weight is 305 g/mol. The van der Waals surface area contributed by atoms with E-state index in [0.717, 1.165) is 6.42 Å². The zero-order chi connectivity index (χ0) is 15.5. The fraction of sp³-hybridized carbons (Fsp3) is 0.312. The van der Waals surface area contributed by atoms with Crippen LogP contribution in [-0.4, -0.2) is 28.0 Å². The Hall–Kier alpha value is -2.05. The van der Waals surface area contributed by atoms with Crippen molar-refractivity contribution in [2.24, 2.45) is 5.92 Å². The molecule has 2 atom stereocenters. The van der Waals surface area contributed by atoms with Gasteiger partial charge < -0.3 is 10.4 Å². The number of aromatic nitrogens is 2. The molecule has 1 aliphatic rings. The minimum atomic E-state index is -0.619. The van der Waals surface area contributed by atoms with Gasteiger partial charge in [0.05, 0.1) is 17.5 Å². The standard InChI is InChI=1S/C16H17F2N3O/c17-13-2-1-3-14(18)15(13)16-11(8-20-21-16)7-19-12-5-4-10(6-12)9-22/h1-5,8,10,12,19,22H,6-7,9H2,(H,20,21)/t10-,12+/m0/s1. The van der Waals surface area contributed by atoms with Gasteiger partial charge in [-0.05, 0) is 18.6 Å². The highest BCUT2D eigenvalue weighted by molar-refractivity contribution is 5.64. The van der Waals surface area contributed by atoms with Gasteiger partial charge in [0.25, 0.3) is 0 Å². The Bertz CT molecular complexity index is 664. The van der Waals surface area contributed by atoms with Gasteiger partial charge in [-0.3, -0.25) is 5.10 Å². The molecular formula is C16H17F2N3O. The number of aliphatic hydroxyl groups excluding tert-OH is 1. The molecule has 0 saturated heterocycles. The van der Waals surface area contributed by atoms with Crippen LogP contribution in [0, 0.1) is 17.6 Å². The van der Waals surface area contributed by atoms with E-state index >= 15 is 0 Å². The predicted octanol–water partition coefficient (Wildman–Crippen LogP) is 2.38. The summed E-state index contributed by atoms with van der Waals surface area (Å²) in [5.74, 6) is -1.07. The smallest absolute Gasteiger partial charge is 0.135 e. The summed E-state index contributed by atoms with van der Waals surface area (Å²) in [6.07, 6.45) is 6.36. The zero-order valence-corrected chi connectivity index (χ0v) is 11.9. The maximum absolute atomic E-state index is 13.9. The van der Waals surface area contributed by atoms with E-state index in [4.69, 9.17) is 5.11 Å². The number of nitrogens with one attached hydrogen (secondary N) is 2. The lowest BCUT2D eigenvalue weighted by molar-refractivity contribution is 0.246. The molecule has 0 unspecified atom stereocenters. The van der Waals surface area contributed by atoms with E-state index in [2.05, 4.69) is 15.5 Å². The van der Waals surface area contributed by atoms with Gasteiger partial charge in [-0.2, -0.15) is 5.10 Å². The first kappa shape index (κ1) is 14.9. The fourth-order valence-corrected chi connectivity index (χ4v) is 2.70. The van der Waals surface area contributed by atoms with Gasteiger partial charge in [-0.1, -0.05) is 18.2 Å². The second-order valence-corrected chi connectivity index (χ2v) is 5.42. The van der Waals surface area contributed by atoms with Gasteiger partial charge in [0, 0.05) is 30.7 Å². The largest absolute Gasteiger partial charge is 0.396 e. The summed E-state index contributed by atoms with van der Waals surface area (Å²) < 4.78 is 27.8. The van der Waals surface area contributed by atoms with E-state index in [0.29, 0.717) is 17.8 Å². The van der Waals surface area contributed by atoms with Crippen molar-refractivity contribution in [3.05, 3.63) is 53.7 Å². The molecule has 0 saturated carbocycles. The lowest BCUT2D eigenvalue weighted by Gasteiger charge is -2.13. The molecule has 0 radical (unpaired) electrons. The molecule has 3 N–H and O–H groups in total. The molecule has 1 aliphatic carbocycles. The van der Waals surface area contributed by atoms with Crippen molar-refractivity contribution in [1.82, 2.24) is 15.5 Å². The highest BCUT2D eigenvalue weighted by Crippen LogP contribution is 2.27. The Balaban J connectivity index is 1.75. The van der Waals surface area contributed by atoms with E-state index in [1.165, 1.54) is 18.2 Å². The molecule has 116 valence electrons. The third-order valence-electron chi connectivity index (χ3n) is 3.89. The number of rotatable bonds is 5. The van der Waals surface area contributed by atoms with Crippen molar-refractivity contribution in [2.75, 3.05) is 6.61 Å². The second-order valence-electron chi connectivity index (χ2n) is 5.42. The normalized spacial score (nSPS) is 20.7. The zero-order valence-electron chi connectivity index (χ0n) is 11.9. The highest BCUT2D eigenvalue weighted by Gasteiger charge is 2.20. The average Bonchev–Trinajstić information content (AvgIpc) is 3.14. The van der Waals surface area contributed by atoms with E-state index in [-0.39, 0.29) is 24.1 Å². The van der Waals surface area contributed by atoms with Crippen LogP contribution in [0.15, 0.2) is 36.5 Å². The number of benzene rings is 1. The van der Waals surface area contributed by atoms with Gasteiger partial charge in [0.2, 0.25) is 0 Å². The van der Waals surface area contributed by atoms with Crippen LogP contribution >= 0.6 is 0 Å². The molecule has 6 heteroatoms. The van der Waals surface area contributed by atoms with Crippen molar-refractivity contribution < 1.29 is 13.9 Å². The van der Waals surface area contributed by atoms with Crippen molar-refractivity contribution in [2.45, 2.75) is 19.0 Å². The van der Waals surface area contributed by atoms with Crippen molar-refractivity contribution >= 4 is 0 Å². The van der Waals surface area contributed by atoms with Gasteiger partial charge in [0.15, 0.2) is 0 Å². The van der Waals surface area contributed by atoms with Crippen molar-refractivity contribution in [3.8, 4) is 11.3 Å². The van der Waals surface area contributed by atoms with Crippen LogP contribution in [0.3, 0.4) is 0 Å². The van der Waals surface area contributed by atoms with Crippen LogP contribution in [0.25, 0.3) is 11.3 Å². The molecule has 2 aromatic rings. The number of aliphatic hydroxyl groups is 1. The molecule has 1 heterocycles. The summed E-state index contributed by atoms with van der Waals surface area (Å²) in [7, 11) is 0. The molecule has 0 amide bonds. The van der Waals surface area contributed by atoms with Crippen LogP contribution < -0.4 is 5.32 Å². The third-order valence-corrected chi connectivity index (χ3v) is 3.89. The van der Waals surface area contributed by atoms with E-state index in [9.17, 15) is 8.78 Å². The molecule has 1 aromatic heterocycles. The van der Waals surface area contributed by atoms with Crippen molar-refractivity contribution in [3.63, 3.8) is 0 Å². The Morgan fingerprint density at radius 3 is 2.73 bits per heavy atom. The Labute approximate surface area is 126 Å². The molecule has 0 spiro atoms. The maximum Gasteiger partial charge on any atom is 0.135 e. The molecule has 22 heavy (non-hydrogen) atoms. The van der Waals surface area contributed by atoms with Crippen LogP contribution in [0.4, 0.5) is 8.78 Å². The first-order valence-electron chi connectivity index (χ1n) is 7.18. The Morgan fingerprint density at radius 1 is 1.27 bits per heavy atom. The minimum Gasteiger partial charge on any atom is -0.396 e. The number of hydrogen-bond donors (Lipinski definition) is 3. The van der Waals surface area contributed by atoms with Crippen LogP contribution in [-0.2, 0) is 6.54 Å². The number of H-pyrrole nitrogens is 1. The third kappa shape index (κ3) is 2.93. The minimum absolute atomic E-state index is 0.0907. The summed E-state index contributed by atoms with van der Waals surface area (Å²) in [5, 5.41) is 19.0. The molecule has 1 aromatic carbocycles. The summed E-state index contributed by atoms with van der Waals surface area (Å²) >= 11 is 0. The van der Waals surface area contributed by atoms with Gasteiger partial charge in [-0.25, -0.2) is 8.78 Å². The molecular weight excluding hydrogens is 288 g/mol. The Kier molecular flexibility index (Phi) is 4.31. The topological polar surface area (TPSA) is 60.9 Å². The number of aromatic amines is 1. The van der Waals surface area contributed by atoms with Gasteiger partial charge in [-0.15, -0.1) is 0 Å². The van der Waals surface area contributed by atoms with E-state index in [1.807, 2.05) is 12.2 Å². The molecule has 0 fully saturated rings. The maximum atomic E-state index is 13.9. The lowest BCUT2D eigenvalue weighted by atomic mass is 10.1. The van der Waals surface area contributed by atoms with Gasteiger partial charge >= 0.3 is 0 Å². The fourth-order valence-electron chi connectivity index (χ4n) is 2.70. The molecule has 4 nitrogen and oxygen atoms in total. The summed E-state index contributed by atoms with van der Waals surface area (Å²) in [5.41, 5.74) is 0.959. The molecule has 0 bridgehead atoms. The monoisotopic (exact) mass is 305 g/mol. The second kappa shape index (κ2) is 6.37. The lowest BCUT2D eigenvalue weighted by Crippen LogP contribution is -2.26. The number of hydrogen-bond acceptors (Lipinski definition) is 3. The van der Waals surface area contributed by atoms with E-state index < -0.39 is 11.6 Å². The van der Waals surface area contributed by atoms with Crippen LogP contribution in [0.2, 0.25) is 0 Å². The first-order chi connectivity index (χ1) is 10.7. The molecule has 0 aliphatic heterocycles. The van der Waals surface area contributed by atoms with Gasteiger partial charge in [0.1, 0.15) is 11.6 Å². The first-order valence-corrected chi connectivity index (χ1v) is 7.18. The number of nitrogens with zero attached hydrogens (tertiary/aromatic N) is 1.